The summed E-state index contributed by atoms with van der Waals surface area (Å²) in [6.45, 7) is 2.52. The molecule has 0 unspecified atom stereocenters. The van der Waals surface area contributed by atoms with Gasteiger partial charge in [0.25, 0.3) is 0 Å². The Bertz CT molecular complexity index is 836. The summed E-state index contributed by atoms with van der Waals surface area (Å²) in [5.74, 6) is 1.25. The molecule has 4 N–H and O–H groups in total. The average Bonchev–Trinajstić information content (AvgIpc) is 3.03. The number of aromatic nitrogens is 1. The van der Waals surface area contributed by atoms with Gasteiger partial charge in [0.15, 0.2) is 0 Å². The standard InChI is InChI=1S/C22H29N5O2S/c23-20(28)11-14-30-19-8-4-3-7-18(19)26-22(29)25-16-17-9-10-21(24-15-17)27-12-5-1-2-6-13-27/h3-4,7-10,15H,1-2,5-6,11-14,16H2,(H2,23,28)(H2,25,26,29). The number of nitrogens with one attached hydrogen (secondary N) is 2. The average molecular weight is 428 g/mol. The fourth-order valence-electron chi connectivity index (χ4n) is 3.31. The highest BCUT2D eigenvalue weighted by Crippen LogP contribution is 2.27. The third-order valence-electron chi connectivity index (χ3n) is 4.93. The van der Waals surface area contributed by atoms with E-state index in [4.69, 9.17) is 5.73 Å². The first kappa shape index (κ1) is 22.0. The van der Waals surface area contributed by atoms with E-state index >= 15 is 0 Å². The molecule has 30 heavy (non-hydrogen) atoms. The number of rotatable bonds is 8. The molecule has 0 radical (unpaired) electrons. The Kier molecular flexibility index (Phi) is 8.38. The Morgan fingerprint density at radius 3 is 2.53 bits per heavy atom. The van der Waals surface area contributed by atoms with Gasteiger partial charge in [-0.1, -0.05) is 31.0 Å². The molecule has 0 atom stereocenters. The van der Waals surface area contributed by atoms with Crippen molar-refractivity contribution in [3.63, 3.8) is 0 Å². The molecular formula is C22H29N5O2S. The van der Waals surface area contributed by atoms with E-state index in [9.17, 15) is 9.59 Å². The van der Waals surface area contributed by atoms with E-state index in [1.165, 1.54) is 37.4 Å². The van der Waals surface area contributed by atoms with Gasteiger partial charge in [0.05, 0.1) is 5.69 Å². The van der Waals surface area contributed by atoms with E-state index in [0.717, 1.165) is 29.4 Å². The van der Waals surface area contributed by atoms with Gasteiger partial charge in [0.1, 0.15) is 5.82 Å². The normalized spacial score (nSPS) is 14.1. The van der Waals surface area contributed by atoms with Crippen molar-refractivity contribution in [1.29, 1.82) is 0 Å². The van der Waals surface area contributed by atoms with Gasteiger partial charge in [-0.2, -0.15) is 0 Å². The number of hydrogen-bond donors (Lipinski definition) is 3. The van der Waals surface area contributed by atoms with Crippen LogP contribution in [0.2, 0.25) is 0 Å². The largest absolute Gasteiger partial charge is 0.370 e. The number of nitrogens with zero attached hydrogens (tertiary/aromatic N) is 2. The molecule has 3 amide bonds. The van der Waals surface area contributed by atoms with Crippen LogP contribution in [0.3, 0.4) is 0 Å². The maximum Gasteiger partial charge on any atom is 0.319 e. The van der Waals surface area contributed by atoms with Crippen LogP contribution in [0.15, 0.2) is 47.5 Å². The first-order chi connectivity index (χ1) is 14.6. The lowest BCUT2D eigenvalue weighted by Crippen LogP contribution is -2.28. The number of hydrogen-bond acceptors (Lipinski definition) is 5. The summed E-state index contributed by atoms with van der Waals surface area (Å²) in [4.78, 5) is 31.1. The van der Waals surface area contributed by atoms with E-state index in [1.807, 2.05) is 42.6 Å². The molecule has 8 heteroatoms. The molecule has 2 heterocycles. The number of thioether (sulfide) groups is 1. The molecule has 0 spiro atoms. The molecule has 7 nitrogen and oxygen atoms in total. The predicted molar refractivity (Wildman–Crippen MR) is 122 cm³/mol. The minimum absolute atomic E-state index is 0.283. The van der Waals surface area contributed by atoms with Gasteiger partial charge in [-0.05, 0) is 36.6 Å². The lowest BCUT2D eigenvalue weighted by molar-refractivity contribution is -0.117. The maximum absolute atomic E-state index is 12.3. The molecule has 1 aromatic carbocycles. The number of pyridine rings is 1. The van der Waals surface area contributed by atoms with Crippen molar-refractivity contribution >= 4 is 35.2 Å². The Hall–Kier alpha value is -2.74. The number of amides is 3. The first-order valence-electron chi connectivity index (χ1n) is 10.4. The van der Waals surface area contributed by atoms with Crippen molar-refractivity contribution in [2.24, 2.45) is 5.73 Å². The molecule has 160 valence electrons. The second kappa shape index (κ2) is 11.4. The maximum atomic E-state index is 12.3. The minimum Gasteiger partial charge on any atom is -0.370 e. The van der Waals surface area contributed by atoms with Crippen molar-refractivity contribution in [3.8, 4) is 0 Å². The summed E-state index contributed by atoms with van der Waals surface area (Å²) in [5.41, 5.74) is 6.85. The van der Waals surface area contributed by atoms with Gasteiger partial charge >= 0.3 is 6.03 Å². The molecule has 1 aliphatic rings. The first-order valence-corrected chi connectivity index (χ1v) is 11.4. The van der Waals surface area contributed by atoms with Crippen LogP contribution < -0.4 is 21.3 Å². The summed E-state index contributed by atoms with van der Waals surface area (Å²) in [6, 6.07) is 11.3. The zero-order valence-corrected chi connectivity index (χ0v) is 17.9. The van der Waals surface area contributed by atoms with Crippen LogP contribution in [0, 0.1) is 0 Å². The number of anilines is 2. The van der Waals surface area contributed by atoms with Crippen molar-refractivity contribution in [3.05, 3.63) is 48.2 Å². The molecule has 0 aliphatic carbocycles. The van der Waals surface area contributed by atoms with Gasteiger partial charge in [-0.15, -0.1) is 11.8 Å². The van der Waals surface area contributed by atoms with Gasteiger partial charge in [0.2, 0.25) is 5.91 Å². The quantitative estimate of drug-likeness (QED) is 0.557. The van der Waals surface area contributed by atoms with E-state index in [-0.39, 0.29) is 11.9 Å². The number of carbonyl (C=O) groups is 2. The van der Waals surface area contributed by atoms with Crippen LogP contribution in [0.5, 0.6) is 0 Å². The monoisotopic (exact) mass is 427 g/mol. The van der Waals surface area contributed by atoms with Crippen LogP contribution in [0.25, 0.3) is 0 Å². The molecule has 1 aromatic heterocycles. The second-order valence-corrected chi connectivity index (χ2v) is 8.43. The predicted octanol–water partition coefficient (Wildman–Crippen LogP) is 3.75. The molecule has 1 aliphatic heterocycles. The van der Waals surface area contributed by atoms with Gasteiger partial charge in [0, 0.05) is 42.9 Å². The Morgan fingerprint density at radius 2 is 1.83 bits per heavy atom. The van der Waals surface area contributed by atoms with Gasteiger partial charge in [-0.3, -0.25) is 4.79 Å². The highest BCUT2D eigenvalue weighted by Gasteiger charge is 2.11. The molecule has 2 aromatic rings. The van der Waals surface area contributed by atoms with Crippen LogP contribution in [-0.4, -0.2) is 35.8 Å². The summed E-state index contributed by atoms with van der Waals surface area (Å²) in [6.07, 6.45) is 7.14. The van der Waals surface area contributed by atoms with Crippen molar-refractivity contribution in [1.82, 2.24) is 10.3 Å². The molecule has 1 fully saturated rings. The van der Waals surface area contributed by atoms with E-state index in [1.54, 1.807) is 0 Å². The third-order valence-corrected chi connectivity index (χ3v) is 6.01. The summed E-state index contributed by atoms with van der Waals surface area (Å²) in [5, 5.41) is 5.74. The van der Waals surface area contributed by atoms with Crippen LogP contribution >= 0.6 is 11.8 Å². The Morgan fingerprint density at radius 1 is 1.07 bits per heavy atom. The lowest BCUT2D eigenvalue weighted by Gasteiger charge is -2.21. The SMILES string of the molecule is NC(=O)CCSc1ccccc1NC(=O)NCc1ccc(N2CCCCCC2)nc1. The van der Waals surface area contributed by atoms with Crippen molar-refractivity contribution < 1.29 is 9.59 Å². The van der Waals surface area contributed by atoms with E-state index in [2.05, 4.69) is 20.5 Å². The number of benzene rings is 1. The zero-order chi connectivity index (χ0) is 21.2. The van der Waals surface area contributed by atoms with E-state index < -0.39 is 0 Å². The minimum atomic E-state index is -0.332. The zero-order valence-electron chi connectivity index (χ0n) is 17.1. The number of carbonyl (C=O) groups excluding carboxylic acids is 2. The second-order valence-electron chi connectivity index (χ2n) is 7.29. The highest BCUT2D eigenvalue weighted by molar-refractivity contribution is 7.99. The van der Waals surface area contributed by atoms with Crippen LogP contribution in [-0.2, 0) is 11.3 Å². The number of urea groups is 1. The van der Waals surface area contributed by atoms with Crippen molar-refractivity contribution in [2.45, 2.75) is 43.5 Å². The summed E-state index contributed by atoms with van der Waals surface area (Å²) in [7, 11) is 0. The molecule has 0 bridgehead atoms. The Labute approximate surface area is 181 Å². The fraction of sp³-hybridized carbons (Fsp3) is 0.409. The number of nitrogens with two attached hydrogens (primary N) is 1. The van der Waals surface area contributed by atoms with Crippen LogP contribution in [0.4, 0.5) is 16.3 Å². The topological polar surface area (TPSA) is 100 Å². The van der Waals surface area contributed by atoms with Crippen molar-refractivity contribution in [2.75, 3.05) is 29.1 Å². The number of para-hydroxylation sites is 1. The lowest BCUT2D eigenvalue weighted by atomic mass is 10.2. The van der Waals surface area contributed by atoms with Gasteiger partial charge < -0.3 is 21.3 Å². The molecule has 1 saturated heterocycles. The Balaban J connectivity index is 1.49. The summed E-state index contributed by atoms with van der Waals surface area (Å²) < 4.78 is 0. The third kappa shape index (κ3) is 6.95. The van der Waals surface area contributed by atoms with E-state index in [0.29, 0.717) is 24.4 Å². The van der Waals surface area contributed by atoms with Gasteiger partial charge in [-0.25, -0.2) is 9.78 Å². The van der Waals surface area contributed by atoms with Crippen LogP contribution in [0.1, 0.15) is 37.7 Å². The highest BCUT2D eigenvalue weighted by atomic mass is 32.2. The molecular weight excluding hydrogens is 398 g/mol. The molecule has 0 saturated carbocycles. The summed E-state index contributed by atoms with van der Waals surface area (Å²) >= 11 is 1.49. The fourth-order valence-corrected chi connectivity index (χ4v) is 4.29. The smallest absolute Gasteiger partial charge is 0.319 e. The molecule has 3 rings (SSSR count). The number of primary amides is 1.